The van der Waals surface area contributed by atoms with Crippen molar-refractivity contribution in [2.45, 2.75) is 32.6 Å². The highest BCUT2D eigenvalue weighted by atomic mass is 16.5. The molecule has 0 aliphatic heterocycles. The van der Waals surface area contributed by atoms with Crippen LogP contribution in [0.3, 0.4) is 0 Å². The van der Waals surface area contributed by atoms with Gasteiger partial charge in [0.2, 0.25) is 0 Å². The molecule has 0 heterocycles. The third-order valence-electron chi connectivity index (χ3n) is 3.46. The molecule has 0 saturated heterocycles. The van der Waals surface area contributed by atoms with Gasteiger partial charge in [-0.05, 0) is 45.5 Å². The Morgan fingerprint density at radius 1 is 1.10 bits per heavy atom. The minimum absolute atomic E-state index is 0.710. The molecule has 0 fully saturated rings. The minimum Gasteiger partial charge on any atom is -0.493 e. The van der Waals surface area contributed by atoms with Crippen LogP contribution in [0.2, 0.25) is 0 Å². The first kappa shape index (κ1) is 16.6. The Kier molecular flexibility index (Phi) is 7.23. The second kappa shape index (κ2) is 8.69. The summed E-state index contributed by atoms with van der Waals surface area (Å²) in [6.07, 6.45) is 4.53. The first-order valence-electron chi connectivity index (χ1n) is 7.31. The summed E-state index contributed by atoms with van der Waals surface area (Å²) in [5.41, 5.74) is 7.75. The van der Waals surface area contributed by atoms with Crippen molar-refractivity contribution in [3.8, 4) is 11.5 Å². The number of hydrogen-bond acceptors (Lipinski definition) is 4. The number of aryl methyl sites for hydroxylation is 1. The molecule has 0 atom stereocenters. The number of benzene rings is 1. The maximum Gasteiger partial charge on any atom is 0.164 e. The number of nitrogens with two attached hydrogens (primary N) is 1. The Hall–Kier alpha value is -1.42. The van der Waals surface area contributed by atoms with Crippen LogP contribution in [0.4, 0.5) is 5.69 Å². The standard InChI is InChI=1S/C16H28N2O2/c1-5-6-9-18(2)10-7-8-13-11-14(17)12-15(19-3)16(13)20-4/h11-12H,5-10,17H2,1-4H3. The maximum atomic E-state index is 5.91. The number of anilines is 1. The van der Waals surface area contributed by atoms with E-state index in [1.54, 1.807) is 20.3 Å². The van der Waals surface area contributed by atoms with Gasteiger partial charge < -0.3 is 20.1 Å². The van der Waals surface area contributed by atoms with Gasteiger partial charge in [-0.3, -0.25) is 0 Å². The topological polar surface area (TPSA) is 47.7 Å². The number of hydrogen-bond donors (Lipinski definition) is 1. The molecule has 0 spiro atoms. The van der Waals surface area contributed by atoms with Crippen molar-refractivity contribution in [2.75, 3.05) is 40.1 Å². The largest absolute Gasteiger partial charge is 0.493 e. The minimum atomic E-state index is 0.710. The second-order valence-corrected chi connectivity index (χ2v) is 5.18. The molecule has 0 bridgehead atoms. The Bertz CT molecular complexity index is 408. The van der Waals surface area contributed by atoms with Crippen LogP contribution in [0, 0.1) is 0 Å². The van der Waals surface area contributed by atoms with Gasteiger partial charge in [0.15, 0.2) is 11.5 Å². The summed E-state index contributed by atoms with van der Waals surface area (Å²) in [6.45, 7) is 4.46. The second-order valence-electron chi connectivity index (χ2n) is 5.18. The van der Waals surface area contributed by atoms with Crippen molar-refractivity contribution < 1.29 is 9.47 Å². The molecule has 114 valence electrons. The van der Waals surface area contributed by atoms with Crippen molar-refractivity contribution in [3.63, 3.8) is 0 Å². The Balaban J connectivity index is 2.61. The molecule has 4 heteroatoms. The van der Waals surface area contributed by atoms with Crippen LogP contribution in [0.15, 0.2) is 12.1 Å². The molecule has 1 rings (SSSR count). The van der Waals surface area contributed by atoms with Crippen LogP contribution in [-0.2, 0) is 6.42 Å². The van der Waals surface area contributed by atoms with Crippen LogP contribution < -0.4 is 15.2 Å². The quantitative estimate of drug-likeness (QED) is 0.707. The molecule has 0 aromatic heterocycles. The van der Waals surface area contributed by atoms with E-state index in [4.69, 9.17) is 15.2 Å². The summed E-state index contributed by atoms with van der Waals surface area (Å²) < 4.78 is 10.8. The maximum absolute atomic E-state index is 5.91. The van der Waals surface area contributed by atoms with E-state index in [1.807, 2.05) is 6.07 Å². The third kappa shape index (κ3) is 4.93. The number of methoxy groups -OCH3 is 2. The lowest BCUT2D eigenvalue weighted by molar-refractivity contribution is 0.321. The number of nitrogens with zero attached hydrogens (tertiary/aromatic N) is 1. The Morgan fingerprint density at radius 3 is 2.40 bits per heavy atom. The average Bonchev–Trinajstić information content (AvgIpc) is 2.44. The van der Waals surface area contributed by atoms with E-state index >= 15 is 0 Å². The number of rotatable bonds is 9. The predicted octanol–water partition coefficient (Wildman–Crippen LogP) is 2.95. The first-order chi connectivity index (χ1) is 9.62. The molecule has 4 nitrogen and oxygen atoms in total. The summed E-state index contributed by atoms with van der Waals surface area (Å²) in [7, 11) is 5.48. The number of ether oxygens (including phenoxy) is 2. The van der Waals surface area contributed by atoms with Gasteiger partial charge >= 0.3 is 0 Å². The molecular formula is C16H28N2O2. The van der Waals surface area contributed by atoms with Crippen LogP contribution in [-0.4, -0.2) is 39.3 Å². The molecule has 2 N–H and O–H groups in total. The van der Waals surface area contributed by atoms with Crippen molar-refractivity contribution in [3.05, 3.63) is 17.7 Å². The van der Waals surface area contributed by atoms with Gasteiger partial charge in [0, 0.05) is 17.3 Å². The van der Waals surface area contributed by atoms with Gasteiger partial charge in [0.05, 0.1) is 14.2 Å². The van der Waals surface area contributed by atoms with E-state index in [-0.39, 0.29) is 0 Å². The summed E-state index contributed by atoms with van der Waals surface area (Å²) in [5.74, 6) is 1.51. The Morgan fingerprint density at radius 2 is 1.80 bits per heavy atom. The van der Waals surface area contributed by atoms with E-state index in [0.29, 0.717) is 5.75 Å². The zero-order valence-electron chi connectivity index (χ0n) is 13.2. The van der Waals surface area contributed by atoms with E-state index in [2.05, 4.69) is 18.9 Å². The van der Waals surface area contributed by atoms with Gasteiger partial charge in [-0.2, -0.15) is 0 Å². The lowest BCUT2D eigenvalue weighted by Gasteiger charge is -2.17. The van der Waals surface area contributed by atoms with Gasteiger partial charge in [-0.1, -0.05) is 13.3 Å². The zero-order valence-corrected chi connectivity index (χ0v) is 13.2. The highest BCUT2D eigenvalue weighted by Crippen LogP contribution is 2.34. The van der Waals surface area contributed by atoms with E-state index in [0.717, 1.165) is 42.9 Å². The van der Waals surface area contributed by atoms with Gasteiger partial charge in [-0.15, -0.1) is 0 Å². The molecule has 0 radical (unpaired) electrons. The SMILES string of the molecule is CCCCN(C)CCCc1cc(N)cc(OC)c1OC. The highest BCUT2D eigenvalue weighted by Gasteiger charge is 2.11. The van der Waals surface area contributed by atoms with Gasteiger partial charge in [0.1, 0.15) is 0 Å². The van der Waals surface area contributed by atoms with Crippen LogP contribution in [0.5, 0.6) is 11.5 Å². The first-order valence-corrected chi connectivity index (χ1v) is 7.31. The fourth-order valence-corrected chi connectivity index (χ4v) is 2.33. The monoisotopic (exact) mass is 280 g/mol. The average molecular weight is 280 g/mol. The molecule has 20 heavy (non-hydrogen) atoms. The summed E-state index contributed by atoms with van der Waals surface area (Å²) in [6, 6.07) is 3.78. The molecule has 0 unspecified atom stereocenters. The van der Waals surface area contributed by atoms with E-state index in [1.165, 1.54) is 12.8 Å². The Labute approximate surface area is 122 Å². The van der Waals surface area contributed by atoms with Gasteiger partial charge in [0.25, 0.3) is 0 Å². The third-order valence-corrected chi connectivity index (χ3v) is 3.46. The van der Waals surface area contributed by atoms with Crippen molar-refractivity contribution in [1.82, 2.24) is 4.90 Å². The van der Waals surface area contributed by atoms with Crippen molar-refractivity contribution >= 4 is 5.69 Å². The van der Waals surface area contributed by atoms with Crippen molar-refractivity contribution in [1.29, 1.82) is 0 Å². The van der Waals surface area contributed by atoms with E-state index < -0.39 is 0 Å². The molecule has 0 aliphatic rings. The smallest absolute Gasteiger partial charge is 0.164 e. The lowest BCUT2D eigenvalue weighted by atomic mass is 10.1. The molecule has 1 aromatic carbocycles. The normalized spacial score (nSPS) is 10.8. The van der Waals surface area contributed by atoms with Crippen LogP contribution in [0.1, 0.15) is 31.7 Å². The fraction of sp³-hybridized carbons (Fsp3) is 0.625. The predicted molar refractivity (Wildman–Crippen MR) is 84.7 cm³/mol. The summed E-state index contributed by atoms with van der Waals surface area (Å²) >= 11 is 0. The molecule has 0 saturated carbocycles. The highest BCUT2D eigenvalue weighted by molar-refractivity contribution is 5.57. The number of nitrogen functional groups attached to an aromatic ring is 1. The molecule has 1 aromatic rings. The van der Waals surface area contributed by atoms with Crippen LogP contribution in [0.25, 0.3) is 0 Å². The summed E-state index contributed by atoms with van der Waals surface area (Å²) in [4.78, 5) is 2.37. The van der Waals surface area contributed by atoms with Crippen LogP contribution >= 0.6 is 0 Å². The van der Waals surface area contributed by atoms with E-state index in [9.17, 15) is 0 Å². The lowest BCUT2D eigenvalue weighted by Crippen LogP contribution is -2.21. The van der Waals surface area contributed by atoms with Gasteiger partial charge in [-0.25, -0.2) is 0 Å². The fourth-order valence-electron chi connectivity index (χ4n) is 2.33. The van der Waals surface area contributed by atoms with Crippen molar-refractivity contribution in [2.24, 2.45) is 0 Å². The molecule has 0 aliphatic carbocycles. The summed E-state index contributed by atoms with van der Waals surface area (Å²) in [5, 5.41) is 0. The number of unbranched alkanes of at least 4 members (excludes halogenated alkanes) is 1. The zero-order chi connectivity index (χ0) is 15.0. The molecule has 0 amide bonds. The molecular weight excluding hydrogens is 252 g/mol.